The molecule has 0 saturated carbocycles. The molecule has 0 heterocycles. The zero-order valence-electron chi connectivity index (χ0n) is 9.30. The van der Waals surface area contributed by atoms with Crippen LogP contribution in [0.2, 0.25) is 0 Å². The van der Waals surface area contributed by atoms with Crippen molar-refractivity contribution in [2.24, 2.45) is 0 Å². The average molecular weight is 298 g/mol. The van der Waals surface area contributed by atoms with Gasteiger partial charge in [-0.15, -0.1) is 0 Å². The van der Waals surface area contributed by atoms with Crippen molar-refractivity contribution >= 4 is 16.5 Å². The summed E-state index contributed by atoms with van der Waals surface area (Å²) in [4.78, 5) is 0. The monoisotopic (exact) mass is 298 g/mol. The van der Waals surface area contributed by atoms with Gasteiger partial charge in [0.05, 0.1) is 0 Å². The van der Waals surface area contributed by atoms with Gasteiger partial charge >= 0.3 is 93.9 Å². The van der Waals surface area contributed by atoms with E-state index >= 15 is 0 Å². The third kappa shape index (κ3) is 2.00. The van der Waals surface area contributed by atoms with Crippen LogP contribution in [0.1, 0.15) is 15.7 Å². The van der Waals surface area contributed by atoms with Gasteiger partial charge in [-0.2, -0.15) is 0 Å². The molecule has 0 amide bonds. The number of hydrogen-bond acceptors (Lipinski definition) is 0. The molecule has 12 heavy (non-hydrogen) atoms. The molecule has 2 aliphatic carbocycles. The van der Waals surface area contributed by atoms with Gasteiger partial charge in [-0.1, -0.05) is 0 Å². The molecule has 0 bridgehead atoms. The standard InChI is InChI=1S/C5H7Ge.C5H5.Zr.2H/c6-5-3-1-2-4-5;1-2-4-5-3-1;;;/h1,3H,2H2,6H3;1-3H,4H2;;;/q;;;2*-1. The summed E-state index contributed by atoms with van der Waals surface area (Å²) in [6, 6.07) is 0. The summed E-state index contributed by atoms with van der Waals surface area (Å²) in [6.07, 6.45) is 14.1. The van der Waals surface area contributed by atoms with Crippen molar-refractivity contribution in [1.29, 1.82) is 0 Å². The molecule has 2 rings (SSSR count). The Balaban J connectivity index is 0.000000845. The summed E-state index contributed by atoms with van der Waals surface area (Å²) < 4.78 is 5.36. The van der Waals surface area contributed by atoms with Gasteiger partial charge in [-0.05, 0) is 0 Å². The minimum Gasteiger partial charge on any atom is -1.00 e. The second-order valence-corrected chi connectivity index (χ2v) is 9.15. The fourth-order valence-electron chi connectivity index (χ4n) is 1.50. The first-order valence-corrected chi connectivity index (χ1v) is 8.91. The minimum absolute atomic E-state index is 0. The van der Waals surface area contributed by atoms with E-state index in [4.69, 9.17) is 0 Å². The zero-order chi connectivity index (χ0) is 8.39. The molecule has 0 N–H and O–H groups in total. The molecular weight excluding hydrogens is 284 g/mol. The Bertz CT molecular complexity index is 316. The van der Waals surface area contributed by atoms with E-state index in [9.17, 15) is 0 Å². The maximum absolute atomic E-state index is 2.36. The van der Waals surface area contributed by atoms with E-state index in [1.165, 1.54) is 12.8 Å². The molecule has 0 saturated heterocycles. The maximum Gasteiger partial charge on any atom is -1.00 e. The fourth-order valence-corrected chi connectivity index (χ4v) is 7.14. The molecule has 2 heteroatoms. The summed E-state index contributed by atoms with van der Waals surface area (Å²) >= 11 is 0.604. The second-order valence-electron chi connectivity index (χ2n) is 3.22. The van der Waals surface area contributed by atoms with E-state index in [0.717, 1.165) is 16.5 Å². The largest absolute Gasteiger partial charge is 1.00 e. The summed E-state index contributed by atoms with van der Waals surface area (Å²) in [5.41, 5.74) is 0. The summed E-state index contributed by atoms with van der Waals surface area (Å²) in [6.45, 7) is 0. The zero-order valence-corrected chi connectivity index (χ0v) is 14.0. The van der Waals surface area contributed by atoms with E-state index in [1.54, 1.807) is 7.69 Å². The van der Waals surface area contributed by atoms with Crippen LogP contribution in [0.25, 0.3) is 0 Å². The van der Waals surface area contributed by atoms with E-state index in [1.807, 2.05) is 3.28 Å². The number of rotatable bonds is 2. The molecular formula is C10H14GeZr-2. The van der Waals surface area contributed by atoms with Crippen molar-refractivity contribution in [3.8, 4) is 0 Å². The molecule has 64 valence electrons. The molecule has 0 nitrogen and oxygen atoms in total. The van der Waals surface area contributed by atoms with Crippen LogP contribution < -0.4 is 0 Å². The van der Waals surface area contributed by atoms with E-state index < -0.39 is 0 Å². The maximum atomic E-state index is 2.36. The molecule has 0 aromatic rings. The van der Waals surface area contributed by atoms with E-state index in [0.29, 0.717) is 0 Å². The van der Waals surface area contributed by atoms with Crippen LogP contribution in [0.3, 0.4) is 0 Å². The third-order valence-corrected chi connectivity index (χ3v) is 10.7. The molecule has 0 spiro atoms. The first-order valence-electron chi connectivity index (χ1n) is 4.35. The number of allylic oxidation sites excluding steroid dienone is 8. The van der Waals surface area contributed by atoms with Crippen LogP contribution in [0, 0.1) is 0 Å². The number of hydrogen-bond donors (Lipinski definition) is 0. The molecule has 2 aliphatic rings. The van der Waals surface area contributed by atoms with Gasteiger partial charge in [0.2, 0.25) is 0 Å². The van der Waals surface area contributed by atoms with Gasteiger partial charge < -0.3 is 2.85 Å². The smallest absolute Gasteiger partial charge is 1.00 e. The minimum atomic E-state index is -0.302. The second kappa shape index (κ2) is 4.06. The van der Waals surface area contributed by atoms with Gasteiger partial charge in [0, 0.05) is 0 Å². The molecule has 0 aliphatic heterocycles. The molecule has 0 atom stereocenters. The van der Waals surface area contributed by atoms with Crippen LogP contribution >= 0.6 is 0 Å². The Morgan fingerprint density at radius 3 is 2.83 bits per heavy atom. The van der Waals surface area contributed by atoms with E-state index in [2.05, 4.69) is 30.4 Å². The Kier molecular flexibility index (Phi) is 3.03. The van der Waals surface area contributed by atoms with Crippen molar-refractivity contribution in [2.75, 3.05) is 0 Å². The first-order chi connectivity index (χ1) is 5.86. The molecule has 0 aromatic carbocycles. The van der Waals surface area contributed by atoms with Crippen LogP contribution in [-0.4, -0.2) is 16.5 Å². The fraction of sp³-hybridized carbons (Fsp3) is 0.200. The Morgan fingerprint density at radius 1 is 1.33 bits per heavy atom. The SMILES string of the molecule is [GeH3][C]1=[C]([Zr][C]2=CC=CC2)CC=C1.[H-].[H-]. The van der Waals surface area contributed by atoms with E-state index in [-0.39, 0.29) is 26.1 Å². The normalized spacial score (nSPS) is 20.8. The van der Waals surface area contributed by atoms with Crippen LogP contribution in [0.5, 0.6) is 0 Å². The van der Waals surface area contributed by atoms with Crippen LogP contribution in [0.4, 0.5) is 0 Å². The summed E-state index contributed by atoms with van der Waals surface area (Å²) in [7, 11) is 0. The van der Waals surface area contributed by atoms with Crippen molar-refractivity contribution in [1.82, 2.24) is 0 Å². The van der Waals surface area contributed by atoms with Crippen LogP contribution in [0.15, 0.2) is 41.3 Å². The third-order valence-electron chi connectivity index (χ3n) is 2.25. The quantitative estimate of drug-likeness (QED) is 0.680. The topological polar surface area (TPSA) is 0 Å². The van der Waals surface area contributed by atoms with Gasteiger partial charge in [0.15, 0.2) is 0 Å². The van der Waals surface area contributed by atoms with Crippen LogP contribution in [-0.2, 0) is 23.2 Å². The Labute approximate surface area is 96.3 Å². The van der Waals surface area contributed by atoms with Crippen molar-refractivity contribution < 1.29 is 26.1 Å². The predicted molar refractivity (Wildman–Crippen MR) is 54.8 cm³/mol. The van der Waals surface area contributed by atoms with Crippen molar-refractivity contribution in [3.63, 3.8) is 0 Å². The van der Waals surface area contributed by atoms with Gasteiger partial charge in [0.1, 0.15) is 0 Å². The molecule has 0 radical (unpaired) electrons. The van der Waals surface area contributed by atoms with Gasteiger partial charge in [-0.25, -0.2) is 0 Å². The molecule has 0 fully saturated rings. The van der Waals surface area contributed by atoms with Gasteiger partial charge in [0.25, 0.3) is 0 Å². The van der Waals surface area contributed by atoms with Crippen molar-refractivity contribution in [2.45, 2.75) is 12.8 Å². The predicted octanol–water partition coefficient (Wildman–Crippen LogP) is 1.67. The summed E-state index contributed by atoms with van der Waals surface area (Å²) in [5, 5.41) is 0. The van der Waals surface area contributed by atoms with Gasteiger partial charge in [-0.3, -0.25) is 0 Å². The molecule has 0 unspecified atom stereocenters. The summed E-state index contributed by atoms with van der Waals surface area (Å²) in [5.74, 6) is 0. The van der Waals surface area contributed by atoms with Crippen molar-refractivity contribution in [3.05, 3.63) is 41.3 Å². The molecule has 0 aromatic heterocycles. The first kappa shape index (κ1) is 8.96. The average Bonchev–Trinajstić information content (AvgIpc) is 2.65. The Hall–Kier alpha value is 0.386. The Morgan fingerprint density at radius 2 is 2.25 bits per heavy atom.